The fraction of sp³-hybridized carbons (Fsp3) is 0.231. The van der Waals surface area contributed by atoms with Crippen LogP contribution in [0.1, 0.15) is 28.5 Å². The lowest BCUT2D eigenvalue weighted by Crippen LogP contribution is -2.28. The van der Waals surface area contributed by atoms with Crippen LogP contribution in [0.5, 0.6) is 0 Å². The van der Waals surface area contributed by atoms with Gasteiger partial charge in [0.15, 0.2) is 0 Å². The van der Waals surface area contributed by atoms with Crippen LogP contribution in [0.2, 0.25) is 0 Å². The van der Waals surface area contributed by atoms with E-state index >= 15 is 0 Å². The monoisotopic (exact) mass is 216 g/mol. The number of benzene rings is 1. The first-order valence-corrected chi connectivity index (χ1v) is 5.28. The number of hydrogen-bond donors (Lipinski definition) is 2. The molecule has 1 aromatic heterocycles. The Morgan fingerprint density at radius 1 is 1.19 bits per heavy atom. The summed E-state index contributed by atoms with van der Waals surface area (Å²) in [5.74, 6) is 6.41. The largest absolute Gasteiger partial charge is 0.467 e. The molecule has 84 valence electrons. The first-order chi connectivity index (χ1) is 7.70. The highest BCUT2D eigenvalue weighted by atomic mass is 16.3. The predicted molar refractivity (Wildman–Crippen MR) is 63.8 cm³/mol. The zero-order chi connectivity index (χ0) is 11.5. The minimum atomic E-state index is -0.0893. The van der Waals surface area contributed by atoms with Crippen LogP contribution in [0, 0.1) is 13.8 Å². The van der Waals surface area contributed by atoms with Gasteiger partial charge in [0.2, 0.25) is 0 Å². The lowest BCUT2D eigenvalue weighted by atomic mass is 10.0. The summed E-state index contributed by atoms with van der Waals surface area (Å²) in [6, 6.07) is 10.1. The smallest absolute Gasteiger partial charge is 0.126 e. The van der Waals surface area contributed by atoms with Crippen LogP contribution in [-0.2, 0) is 0 Å². The molecule has 0 radical (unpaired) electrons. The van der Waals surface area contributed by atoms with Crippen LogP contribution in [0.25, 0.3) is 0 Å². The molecule has 0 saturated heterocycles. The van der Waals surface area contributed by atoms with Gasteiger partial charge in [0.25, 0.3) is 0 Å². The first-order valence-electron chi connectivity index (χ1n) is 5.28. The fourth-order valence-electron chi connectivity index (χ4n) is 1.97. The van der Waals surface area contributed by atoms with E-state index in [1.165, 1.54) is 11.1 Å². The molecule has 0 aliphatic rings. The molecular formula is C13H16N2O. The summed E-state index contributed by atoms with van der Waals surface area (Å²) in [5.41, 5.74) is 6.35. The molecule has 1 heterocycles. The third-order valence-electron chi connectivity index (χ3n) is 2.57. The average molecular weight is 216 g/mol. The second-order valence-corrected chi connectivity index (χ2v) is 4.04. The average Bonchev–Trinajstić information content (AvgIpc) is 2.70. The van der Waals surface area contributed by atoms with Crippen LogP contribution < -0.4 is 11.3 Å². The van der Waals surface area contributed by atoms with E-state index in [1.54, 1.807) is 6.26 Å². The molecule has 2 rings (SSSR count). The maximum absolute atomic E-state index is 5.59. The molecule has 3 heteroatoms. The van der Waals surface area contributed by atoms with E-state index in [9.17, 15) is 0 Å². The topological polar surface area (TPSA) is 51.2 Å². The first kappa shape index (κ1) is 10.9. The van der Waals surface area contributed by atoms with Crippen molar-refractivity contribution in [2.75, 3.05) is 0 Å². The Kier molecular flexibility index (Phi) is 3.08. The highest BCUT2D eigenvalue weighted by Crippen LogP contribution is 2.23. The number of rotatable bonds is 3. The number of aryl methyl sites for hydroxylation is 2. The van der Waals surface area contributed by atoms with Gasteiger partial charge < -0.3 is 4.42 Å². The molecule has 0 spiro atoms. The van der Waals surface area contributed by atoms with Crippen molar-refractivity contribution in [2.24, 2.45) is 5.84 Å². The zero-order valence-electron chi connectivity index (χ0n) is 9.53. The molecule has 1 atom stereocenters. The van der Waals surface area contributed by atoms with Crippen molar-refractivity contribution in [1.82, 2.24) is 5.43 Å². The van der Waals surface area contributed by atoms with Crippen LogP contribution >= 0.6 is 0 Å². The third kappa shape index (κ3) is 2.15. The van der Waals surface area contributed by atoms with Crippen LogP contribution in [0.4, 0.5) is 0 Å². The van der Waals surface area contributed by atoms with Gasteiger partial charge in [-0.1, -0.05) is 29.3 Å². The zero-order valence-corrected chi connectivity index (χ0v) is 9.53. The van der Waals surface area contributed by atoms with E-state index in [0.717, 1.165) is 11.3 Å². The predicted octanol–water partition coefficient (Wildman–Crippen LogP) is 2.45. The molecule has 16 heavy (non-hydrogen) atoms. The molecule has 1 unspecified atom stereocenters. The molecule has 0 fully saturated rings. The van der Waals surface area contributed by atoms with Gasteiger partial charge in [-0.05, 0) is 31.5 Å². The SMILES string of the molecule is Cc1cc(C)cc(C(NN)c2ccco2)c1. The van der Waals surface area contributed by atoms with Gasteiger partial charge in [-0.3, -0.25) is 5.84 Å². The summed E-state index contributed by atoms with van der Waals surface area (Å²) in [7, 11) is 0. The molecule has 0 amide bonds. The third-order valence-corrected chi connectivity index (χ3v) is 2.57. The van der Waals surface area contributed by atoms with Crippen molar-refractivity contribution in [1.29, 1.82) is 0 Å². The molecule has 3 nitrogen and oxygen atoms in total. The second-order valence-electron chi connectivity index (χ2n) is 4.04. The number of hydrazine groups is 1. The summed E-state index contributed by atoms with van der Waals surface area (Å²) >= 11 is 0. The minimum Gasteiger partial charge on any atom is -0.467 e. The molecule has 0 saturated carbocycles. The number of hydrogen-bond acceptors (Lipinski definition) is 3. The summed E-state index contributed by atoms with van der Waals surface area (Å²) in [6.45, 7) is 4.15. The van der Waals surface area contributed by atoms with Crippen LogP contribution in [0.3, 0.4) is 0 Å². The van der Waals surface area contributed by atoms with Gasteiger partial charge in [-0.25, -0.2) is 5.43 Å². The lowest BCUT2D eigenvalue weighted by molar-refractivity contribution is 0.452. The molecular weight excluding hydrogens is 200 g/mol. The van der Waals surface area contributed by atoms with E-state index < -0.39 is 0 Å². The molecule has 2 aromatic rings. The van der Waals surface area contributed by atoms with E-state index in [-0.39, 0.29) is 6.04 Å². The summed E-state index contributed by atoms with van der Waals surface area (Å²) in [4.78, 5) is 0. The van der Waals surface area contributed by atoms with Crippen molar-refractivity contribution >= 4 is 0 Å². The number of nitrogens with one attached hydrogen (secondary N) is 1. The molecule has 0 aliphatic heterocycles. The summed E-state index contributed by atoms with van der Waals surface area (Å²) in [5, 5.41) is 0. The fourth-order valence-corrected chi connectivity index (χ4v) is 1.97. The highest BCUT2D eigenvalue weighted by Gasteiger charge is 2.15. The van der Waals surface area contributed by atoms with Crippen molar-refractivity contribution in [3.05, 3.63) is 59.0 Å². The lowest BCUT2D eigenvalue weighted by Gasteiger charge is -2.15. The minimum absolute atomic E-state index is 0.0893. The van der Waals surface area contributed by atoms with Gasteiger partial charge in [0.1, 0.15) is 11.8 Å². The van der Waals surface area contributed by atoms with Crippen LogP contribution in [0.15, 0.2) is 41.0 Å². The van der Waals surface area contributed by atoms with Gasteiger partial charge in [-0.2, -0.15) is 0 Å². The number of nitrogens with two attached hydrogens (primary N) is 1. The van der Waals surface area contributed by atoms with Gasteiger partial charge in [0, 0.05) is 0 Å². The van der Waals surface area contributed by atoms with E-state index in [1.807, 2.05) is 12.1 Å². The van der Waals surface area contributed by atoms with Crippen molar-refractivity contribution < 1.29 is 4.42 Å². The van der Waals surface area contributed by atoms with E-state index in [0.29, 0.717) is 0 Å². The van der Waals surface area contributed by atoms with Gasteiger partial charge >= 0.3 is 0 Å². The van der Waals surface area contributed by atoms with Gasteiger partial charge in [-0.15, -0.1) is 0 Å². The Morgan fingerprint density at radius 3 is 2.38 bits per heavy atom. The Morgan fingerprint density at radius 2 is 1.88 bits per heavy atom. The van der Waals surface area contributed by atoms with Crippen molar-refractivity contribution in [3.63, 3.8) is 0 Å². The Labute approximate surface area is 95.2 Å². The Hall–Kier alpha value is -1.58. The molecule has 1 aromatic carbocycles. The standard InChI is InChI=1S/C13H16N2O/c1-9-6-10(2)8-11(7-9)13(15-14)12-4-3-5-16-12/h3-8,13,15H,14H2,1-2H3. The molecule has 0 bridgehead atoms. The normalized spacial score (nSPS) is 12.7. The van der Waals surface area contributed by atoms with E-state index in [4.69, 9.17) is 10.3 Å². The molecule has 3 N–H and O–H groups in total. The van der Waals surface area contributed by atoms with E-state index in [2.05, 4.69) is 37.5 Å². The summed E-state index contributed by atoms with van der Waals surface area (Å²) < 4.78 is 5.38. The Balaban J connectivity index is 2.41. The molecule has 0 aliphatic carbocycles. The maximum Gasteiger partial charge on any atom is 0.126 e. The Bertz CT molecular complexity index is 443. The van der Waals surface area contributed by atoms with Crippen molar-refractivity contribution in [3.8, 4) is 0 Å². The van der Waals surface area contributed by atoms with Crippen molar-refractivity contribution in [2.45, 2.75) is 19.9 Å². The highest BCUT2D eigenvalue weighted by molar-refractivity contribution is 5.34. The maximum atomic E-state index is 5.59. The number of furan rings is 1. The quantitative estimate of drug-likeness (QED) is 0.612. The van der Waals surface area contributed by atoms with Crippen LogP contribution in [-0.4, -0.2) is 0 Å². The second kappa shape index (κ2) is 4.51. The summed E-state index contributed by atoms with van der Waals surface area (Å²) in [6.07, 6.45) is 1.66. The van der Waals surface area contributed by atoms with Gasteiger partial charge in [0.05, 0.1) is 6.26 Å².